The van der Waals surface area contributed by atoms with Gasteiger partial charge in [-0.3, -0.25) is 4.79 Å². The smallest absolute Gasteiger partial charge is 0.796 e. The van der Waals surface area contributed by atoms with Crippen molar-refractivity contribution in [3.8, 4) is 11.1 Å². The Morgan fingerprint density at radius 3 is 2.10 bits per heavy atom. The van der Waals surface area contributed by atoms with Crippen molar-refractivity contribution in [1.29, 1.82) is 0 Å². The third-order valence-electron chi connectivity index (χ3n) is 3.74. The second-order valence-electron chi connectivity index (χ2n) is 4.83. The first-order chi connectivity index (χ1) is 9.43. The molecule has 5 heteroatoms. The molecule has 1 unspecified atom stereocenters. The summed E-state index contributed by atoms with van der Waals surface area (Å²) >= 11 is 0. The third-order valence-corrected chi connectivity index (χ3v) is 4.38. The van der Waals surface area contributed by atoms with Crippen LogP contribution in [0.1, 0.15) is 27.0 Å². The Morgan fingerprint density at radius 1 is 1.00 bits per heavy atom. The fourth-order valence-corrected chi connectivity index (χ4v) is 2.79. The van der Waals surface area contributed by atoms with Crippen LogP contribution in [0.25, 0.3) is 11.1 Å². The van der Waals surface area contributed by atoms with Crippen molar-refractivity contribution in [2.24, 2.45) is 0 Å². The predicted octanol–water partition coefficient (Wildman–Crippen LogP) is 0.258. The minimum absolute atomic E-state index is 0. The van der Waals surface area contributed by atoms with Gasteiger partial charge in [-0.2, -0.15) is 0 Å². The molecule has 2 aromatic carbocycles. The summed E-state index contributed by atoms with van der Waals surface area (Å²) in [5, 5.41) is 0. The van der Waals surface area contributed by atoms with Crippen molar-refractivity contribution in [2.45, 2.75) is 20.8 Å². The Bertz CT molecular complexity index is 696. The van der Waals surface area contributed by atoms with E-state index in [1.165, 1.54) is 0 Å². The molecular formula is C16H16LiO3P. The summed E-state index contributed by atoms with van der Waals surface area (Å²) in [5.41, 5.74) is 4.14. The van der Waals surface area contributed by atoms with E-state index in [1.54, 1.807) is 13.0 Å². The molecule has 0 saturated heterocycles. The predicted molar refractivity (Wildman–Crippen MR) is 79.4 cm³/mol. The fourth-order valence-electron chi connectivity index (χ4n) is 2.31. The molecule has 0 bridgehead atoms. The van der Waals surface area contributed by atoms with Gasteiger partial charge >= 0.3 is 18.9 Å². The number of carbonyl (C=O) groups is 1. The molecule has 0 aliphatic heterocycles. The first kappa shape index (κ1) is 17.9. The Labute approximate surface area is 137 Å². The van der Waals surface area contributed by atoms with E-state index in [2.05, 4.69) is 0 Å². The van der Waals surface area contributed by atoms with Crippen LogP contribution in [0.4, 0.5) is 0 Å². The van der Waals surface area contributed by atoms with Crippen LogP contribution in [-0.2, 0) is 4.57 Å². The summed E-state index contributed by atoms with van der Waals surface area (Å²) in [6, 6.07) is 11.3. The molecule has 2 aromatic rings. The molecule has 0 spiro atoms. The number of hydrogen-bond donors (Lipinski definition) is 0. The topological polar surface area (TPSA) is 57.2 Å². The molecule has 0 aromatic heterocycles. The molecule has 3 nitrogen and oxygen atoms in total. The van der Waals surface area contributed by atoms with E-state index in [0.717, 1.165) is 27.8 Å². The van der Waals surface area contributed by atoms with Crippen LogP contribution in [0, 0.1) is 20.8 Å². The standard InChI is InChI=1S/C16H17O3P.Li/c1-10-11(2)14(13-7-5-4-6-8-13)9-15(12(10)3)16(17)20(18)19;/h4-9,20H,1-3H3,(H,18,19);/q;+1/p-1. The van der Waals surface area contributed by atoms with Crippen LogP contribution in [0.15, 0.2) is 36.4 Å². The second kappa shape index (κ2) is 7.25. The minimum Gasteiger partial charge on any atom is -0.796 e. The van der Waals surface area contributed by atoms with Gasteiger partial charge in [-0.15, -0.1) is 0 Å². The van der Waals surface area contributed by atoms with E-state index in [1.807, 2.05) is 44.2 Å². The largest absolute Gasteiger partial charge is 1.00 e. The van der Waals surface area contributed by atoms with Gasteiger partial charge in [-0.05, 0) is 54.7 Å². The van der Waals surface area contributed by atoms with Gasteiger partial charge in [0.2, 0.25) is 5.52 Å². The van der Waals surface area contributed by atoms with E-state index >= 15 is 0 Å². The van der Waals surface area contributed by atoms with Crippen molar-refractivity contribution in [3.63, 3.8) is 0 Å². The average Bonchev–Trinajstić information content (AvgIpc) is 2.45. The first-order valence-electron chi connectivity index (χ1n) is 6.35. The van der Waals surface area contributed by atoms with E-state index in [4.69, 9.17) is 0 Å². The minimum atomic E-state index is -3.45. The monoisotopic (exact) mass is 294 g/mol. The molecule has 0 heterocycles. The third kappa shape index (κ3) is 3.57. The van der Waals surface area contributed by atoms with Crippen LogP contribution in [-0.4, -0.2) is 5.52 Å². The van der Waals surface area contributed by atoms with Crippen molar-refractivity contribution >= 4 is 13.6 Å². The zero-order valence-corrected chi connectivity index (χ0v) is 13.7. The summed E-state index contributed by atoms with van der Waals surface area (Å²) in [5.74, 6) is 0. The molecule has 0 saturated carbocycles. The van der Waals surface area contributed by atoms with E-state index in [-0.39, 0.29) is 24.4 Å². The average molecular weight is 294 g/mol. The Kier molecular flexibility index (Phi) is 6.20. The number of carbonyl (C=O) groups excluding carboxylic acids is 1. The van der Waals surface area contributed by atoms with Gasteiger partial charge in [-0.1, -0.05) is 30.3 Å². The van der Waals surface area contributed by atoms with E-state index in [0.29, 0.717) is 0 Å². The normalized spacial score (nSPS) is 11.6. The first-order valence-corrected chi connectivity index (χ1v) is 7.67. The summed E-state index contributed by atoms with van der Waals surface area (Å²) in [6.07, 6.45) is 0. The summed E-state index contributed by atoms with van der Waals surface area (Å²) in [4.78, 5) is 22.9. The van der Waals surface area contributed by atoms with Crippen LogP contribution < -0.4 is 23.8 Å². The molecule has 21 heavy (non-hydrogen) atoms. The van der Waals surface area contributed by atoms with E-state index < -0.39 is 13.6 Å². The van der Waals surface area contributed by atoms with Gasteiger partial charge in [0.05, 0.1) is 8.03 Å². The quantitative estimate of drug-likeness (QED) is 0.602. The maximum absolute atomic E-state index is 11.8. The molecule has 0 aliphatic carbocycles. The molecule has 0 radical (unpaired) electrons. The van der Waals surface area contributed by atoms with Gasteiger partial charge in [0, 0.05) is 5.56 Å². The summed E-state index contributed by atoms with van der Waals surface area (Å²) in [6.45, 7) is 5.68. The zero-order chi connectivity index (χ0) is 14.9. The second-order valence-corrected chi connectivity index (χ2v) is 5.86. The maximum atomic E-state index is 11.8. The van der Waals surface area contributed by atoms with Crippen LogP contribution in [0.5, 0.6) is 0 Å². The summed E-state index contributed by atoms with van der Waals surface area (Å²) < 4.78 is 11.0. The molecule has 104 valence electrons. The Morgan fingerprint density at radius 2 is 1.57 bits per heavy atom. The fraction of sp³-hybridized carbons (Fsp3) is 0.188. The van der Waals surface area contributed by atoms with Crippen LogP contribution in [0.3, 0.4) is 0 Å². The number of hydrogen-bond acceptors (Lipinski definition) is 3. The van der Waals surface area contributed by atoms with Gasteiger partial charge < -0.3 is 9.46 Å². The molecule has 0 fully saturated rings. The van der Waals surface area contributed by atoms with Crippen molar-refractivity contribution in [1.82, 2.24) is 0 Å². The zero-order valence-electron chi connectivity index (χ0n) is 12.7. The van der Waals surface area contributed by atoms with Crippen molar-refractivity contribution in [3.05, 3.63) is 58.7 Å². The van der Waals surface area contributed by atoms with Gasteiger partial charge in [0.15, 0.2) is 0 Å². The van der Waals surface area contributed by atoms with Crippen molar-refractivity contribution in [2.75, 3.05) is 0 Å². The molecular weight excluding hydrogens is 278 g/mol. The molecule has 1 atom stereocenters. The van der Waals surface area contributed by atoms with Gasteiger partial charge in [-0.25, -0.2) is 0 Å². The Hall–Kier alpha value is -1.10. The van der Waals surface area contributed by atoms with Gasteiger partial charge in [0.1, 0.15) is 0 Å². The molecule has 0 N–H and O–H groups in total. The molecule has 0 amide bonds. The Balaban J connectivity index is 0.00000220. The maximum Gasteiger partial charge on any atom is 1.00 e. The van der Waals surface area contributed by atoms with Gasteiger partial charge in [0.25, 0.3) is 0 Å². The molecule has 0 aliphatic rings. The number of benzene rings is 2. The SMILES string of the molecule is Cc1c(C(=O)[PH](=O)[O-])cc(-c2ccccc2)c(C)c1C.[Li+]. The van der Waals surface area contributed by atoms with Crippen LogP contribution >= 0.6 is 8.03 Å². The van der Waals surface area contributed by atoms with E-state index in [9.17, 15) is 14.3 Å². The van der Waals surface area contributed by atoms with Crippen LogP contribution in [0.2, 0.25) is 0 Å². The molecule has 2 rings (SSSR count). The van der Waals surface area contributed by atoms with Crippen molar-refractivity contribution < 1.29 is 33.1 Å². The number of rotatable bonds is 3. The summed E-state index contributed by atoms with van der Waals surface area (Å²) in [7, 11) is -3.45.